The zero-order valence-corrected chi connectivity index (χ0v) is 25.7. The second kappa shape index (κ2) is 18.4. The van der Waals surface area contributed by atoms with Crippen molar-refractivity contribution in [1.29, 1.82) is 0 Å². The third kappa shape index (κ3) is 11.9. The Balaban J connectivity index is 0.000000332. The summed E-state index contributed by atoms with van der Waals surface area (Å²) in [5, 5.41) is 42.4. The zero-order chi connectivity index (χ0) is 34.1. The van der Waals surface area contributed by atoms with Crippen LogP contribution in [0.3, 0.4) is 0 Å². The summed E-state index contributed by atoms with van der Waals surface area (Å²) < 4.78 is 10.9. The Morgan fingerprint density at radius 3 is 2.04 bits per heavy atom. The Labute approximate surface area is 266 Å². The molecule has 0 aliphatic carbocycles. The van der Waals surface area contributed by atoms with Gasteiger partial charge in [-0.3, -0.25) is 10.1 Å². The second-order valence-electron chi connectivity index (χ2n) is 10.5. The lowest BCUT2D eigenvalue weighted by Gasteiger charge is -2.23. The second-order valence-corrected chi connectivity index (χ2v) is 10.5. The van der Waals surface area contributed by atoms with Crippen LogP contribution in [0, 0.1) is 5.41 Å². The molecule has 6 N–H and O–H groups in total. The summed E-state index contributed by atoms with van der Waals surface area (Å²) in [4.78, 5) is 35.7. The molecule has 244 valence electrons. The third-order valence-electron chi connectivity index (χ3n) is 6.12. The number of amides is 1. The van der Waals surface area contributed by atoms with Crippen LogP contribution in [0.15, 0.2) is 91.0 Å². The highest BCUT2D eigenvalue weighted by Crippen LogP contribution is 2.26. The van der Waals surface area contributed by atoms with Crippen LogP contribution >= 0.6 is 0 Å². The lowest BCUT2D eigenvalue weighted by atomic mass is 9.96. The number of aromatic hydroxyl groups is 2. The molecule has 0 fully saturated rings. The van der Waals surface area contributed by atoms with Gasteiger partial charge in [0.1, 0.15) is 30.6 Å². The number of phenols is 2. The maximum absolute atomic E-state index is 12.4. The van der Waals surface area contributed by atoms with Crippen LogP contribution in [0.2, 0.25) is 0 Å². The minimum atomic E-state index is -1.25. The molecule has 12 nitrogen and oxygen atoms in total. The van der Waals surface area contributed by atoms with Gasteiger partial charge in [-0.05, 0) is 60.7 Å². The molecule has 0 saturated heterocycles. The van der Waals surface area contributed by atoms with E-state index in [0.717, 1.165) is 17.3 Å². The fourth-order valence-electron chi connectivity index (χ4n) is 4.00. The van der Waals surface area contributed by atoms with Gasteiger partial charge in [-0.2, -0.15) is 0 Å². The average Bonchev–Trinajstić information content (AvgIpc) is 3.04. The van der Waals surface area contributed by atoms with Gasteiger partial charge in [0.25, 0.3) is 5.91 Å². The van der Waals surface area contributed by atoms with Gasteiger partial charge in [-0.25, -0.2) is 9.68 Å². The van der Waals surface area contributed by atoms with E-state index in [4.69, 9.17) is 19.5 Å². The fourth-order valence-corrected chi connectivity index (χ4v) is 4.00. The van der Waals surface area contributed by atoms with E-state index in [2.05, 4.69) is 15.5 Å². The summed E-state index contributed by atoms with van der Waals surface area (Å²) in [5.74, 6) is -1.26. The van der Waals surface area contributed by atoms with Gasteiger partial charge in [-0.1, -0.05) is 38.1 Å². The van der Waals surface area contributed by atoms with Crippen LogP contribution in [-0.2, 0) is 21.0 Å². The molecule has 1 amide bonds. The van der Waals surface area contributed by atoms with Crippen LogP contribution in [0.25, 0.3) is 0 Å². The molecule has 0 saturated carbocycles. The number of para-hydroxylation sites is 1. The van der Waals surface area contributed by atoms with E-state index in [0.29, 0.717) is 30.3 Å². The molecule has 0 aliphatic rings. The van der Waals surface area contributed by atoms with Crippen LogP contribution in [0.1, 0.15) is 40.1 Å². The number of carboxylic acid groups (broad SMARTS) is 1. The van der Waals surface area contributed by atoms with Crippen molar-refractivity contribution in [2.45, 2.75) is 20.5 Å². The number of aromatic carboxylic acids is 1. The Morgan fingerprint density at radius 2 is 1.43 bits per heavy atom. The number of carbonyl (C=O) groups is 3. The Morgan fingerprint density at radius 1 is 0.804 bits per heavy atom. The number of methoxy groups -OCH3 is 1. The molecule has 0 radical (unpaired) electrons. The van der Waals surface area contributed by atoms with Gasteiger partial charge in [-0.15, -0.1) is 0 Å². The molecule has 4 aromatic rings. The van der Waals surface area contributed by atoms with E-state index in [-0.39, 0.29) is 34.6 Å². The van der Waals surface area contributed by atoms with Gasteiger partial charge < -0.3 is 40.2 Å². The molecule has 46 heavy (non-hydrogen) atoms. The molecular formula is C34H38N2O10. The van der Waals surface area contributed by atoms with Crippen LogP contribution in [0.5, 0.6) is 17.2 Å². The fraction of sp³-hybridized carbons (Fsp3) is 0.206. The first-order chi connectivity index (χ1) is 22.0. The highest BCUT2D eigenvalue weighted by molar-refractivity contribution is 6.11. The molecular weight excluding hydrogens is 596 g/mol. The maximum atomic E-state index is 12.4. The molecule has 12 heteroatoms. The van der Waals surface area contributed by atoms with Gasteiger partial charge in [0.15, 0.2) is 0 Å². The molecule has 0 aliphatic heterocycles. The summed E-state index contributed by atoms with van der Waals surface area (Å²) in [7, 11) is 1.64. The number of carbonyl (C=O) groups excluding carboxylic acids is 2. The van der Waals surface area contributed by atoms with E-state index in [1.54, 1.807) is 49.6 Å². The van der Waals surface area contributed by atoms with Crippen molar-refractivity contribution in [1.82, 2.24) is 0 Å². The summed E-state index contributed by atoms with van der Waals surface area (Å²) in [6.45, 7) is 7.16. The number of carboxylic acids is 1. The predicted octanol–water partition coefficient (Wildman–Crippen LogP) is 6.33. The van der Waals surface area contributed by atoms with Crippen molar-refractivity contribution in [3.63, 3.8) is 0 Å². The first-order valence-electron chi connectivity index (χ1n) is 13.8. The molecule has 0 heterocycles. The van der Waals surface area contributed by atoms with Crippen LogP contribution < -0.4 is 15.4 Å². The van der Waals surface area contributed by atoms with E-state index in [9.17, 15) is 24.9 Å². The molecule has 0 aromatic heterocycles. The number of benzene rings is 4. The predicted molar refractivity (Wildman–Crippen MR) is 173 cm³/mol. The highest BCUT2D eigenvalue weighted by atomic mass is 17.1. The van der Waals surface area contributed by atoms with Crippen molar-refractivity contribution >= 4 is 35.7 Å². The maximum Gasteiger partial charge on any atom is 0.336 e. The van der Waals surface area contributed by atoms with E-state index >= 15 is 0 Å². The number of rotatable bonds is 12. The number of phenolic OH excluding ortho intramolecular Hbond substituents is 2. The van der Waals surface area contributed by atoms with Crippen LogP contribution in [-0.4, -0.2) is 59.6 Å². The van der Waals surface area contributed by atoms with Gasteiger partial charge in [0.05, 0.1) is 24.3 Å². The molecule has 4 rings (SSSR count). The van der Waals surface area contributed by atoms with Crippen molar-refractivity contribution in [3.8, 4) is 17.2 Å². The smallest absolute Gasteiger partial charge is 0.336 e. The Bertz CT molecular complexity index is 1540. The Hall–Kier alpha value is -5.43. The third-order valence-corrected chi connectivity index (χ3v) is 6.12. The van der Waals surface area contributed by atoms with E-state index < -0.39 is 11.9 Å². The van der Waals surface area contributed by atoms with Crippen LogP contribution in [0.4, 0.5) is 17.1 Å². The standard InChI is InChI=1S/C20H23NO6.C13H13NO3.CH2O/c1-20(2,11-26-3)12-27-15-7-4-13(5-8-15)21-18(23)17-10-14(22)6-9-16(17)19(24)25;15-12-7-6-10(9-17-16)13(8-12)14-11-4-2-1-3-5-11;1-2/h4-10,22H,11-12H2,1-3H3,(H,21,23)(H,24,25);1-8,14-16H,9H2;1H2. The van der Waals surface area contributed by atoms with E-state index in [1.807, 2.05) is 51.0 Å². The average molecular weight is 635 g/mol. The summed E-state index contributed by atoms with van der Waals surface area (Å²) in [5.41, 5.74) is 2.39. The number of nitrogens with one attached hydrogen (secondary N) is 2. The molecule has 0 bridgehead atoms. The first kappa shape index (κ1) is 36.8. The lowest BCUT2D eigenvalue weighted by molar-refractivity contribution is -0.252. The van der Waals surface area contributed by atoms with Crippen molar-refractivity contribution in [2.75, 3.05) is 31.0 Å². The minimum absolute atomic E-state index is 0.0649. The number of anilines is 3. The van der Waals surface area contributed by atoms with Crippen molar-refractivity contribution in [3.05, 3.63) is 108 Å². The van der Waals surface area contributed by atoms with Crippen molar-refractivity contribution < 1.29 is 49.3 Å². The van der Waals surface area contributed by atoms with Gasteiger partial charge >= 0.3 is 5.97 Å². The Kier molecular flexibility index (Phi) is 14.7. The molecule has 4 aromatic carbocycles. The topological polar surface area (TPSA) is 184 Å². The van der Waals surface area contributed by atoms with Gasteiger partial charge in [0, 0.05) is 41.2 Å². The number of hydrogen-bond donors (Lipinski definition) is 6. The largest absolute Gasteiger partial charge is 0.508 e. The monoisotopic (exact) mass is 634 g/mol. The molecule has 0 spiro atoms. The normalized spacial score (nSPS) is 10.3. The summed E-state index contributed by atoms with van der Waals surface area (Å²) >= 11 is 0. The molecule has 0 atom stereocenters. The lowest BCUT2D eigenvalue weighted by Crippen LogP contribution is -2.26. The van der Waals surface area contributed by atoms with Gasteiger partial charge in [0.2, 0.25) is 0 Å². The zero-order valence-electron chi connectivity index (χ0n) is 25.7. The van der Waals surface area contributed by atoms with E-state index in [1.165, 1.54) is 12.1 Å². The minimum Gasteiger partial charge on any atom is -0.508 e. The SMILES string of the molecule is C=O.COCC(C)(C)COc1ccc(NC(=O)c2cc(O)ccc2C(=O)O)cc1.OOCc1ccc(O)cc1Nc1ccccc1. The number of ether oxygens (including phenoxy) is 2. The van der Waals surface area contributed by atoms with Crippen molar-refractivity contribution in [2.24, 2.45) is 5.41 Å². The highest BCUT2D eigenvalue weighted by Gasteiger charge is 2.19. The summed E-state index contributed by atoms with van der Waals surface area (Å²) in [6, 6.07) is 24.6. The quantitative estimate of drug-likeness (QED) is 0.0755. The summed E-state index contributed by atoms with van der Waals surface area (Å²) in [6.07, 6.45) is 0. The first-order valence-corrected chi connectivity index (χ1v) is 13.8. The number of hydrogen-bond acceptors (Lipinski definition) is 10. The molecule has 0 unspecified atom stereocenters.